The van der Waals surface area contributed by atoms with E-state index in [-0.39, 0.29) is 41.5 Å². The van der Waals surface area contributed by atoms with Crippen LogP contribution >= 0.6 is 0 Å². The molecule has 134 valence electrons. The summed E-state index contributed by atoms with van der Waals surface area (Å²) in [5, 5.41) is 20.3. The van der Waals surface area contributed by atoms with E-state index in [1.54, 1.807) is 6.07 Å². The van der Waals surface area contributed by atoms with Crippen LogP contribution in [0.15, 0.2) is 18.2 Å². The van der Waals surface area contributed by atoms with Gasteiger partial charge in [-0.1, -0.05) is 19.9 Å². The van der Waals surface area contributed by atoms with E-state index in [0.29, 0.717) is 13.0 Å². The maximum Gasteiger partial charge on any atom is 0.290 e. The van der Waals surface area contributed by atoms with E-state index in [1.807, 2.05) is 24.8 Å². The highest BCUT2D eigenvalue weighted by Gasteiger charge is 2.28. The summed E-state index contributed by atoms with van der Waals surface area (Å²) in [5.74, 6) is 0.597. The molecule has 1 fully saturated rings. The topological polar surface area (TPSA) is 96.5 Å². The van der Waals surface area contributed by atoms with Gasteiger partial charge >= 0.3 is 0 Å². The number of hydrogen-bond donors (Lipinski definition) is 0. The molecular formula is C18H23N3O4. The first kappa shape index (κ1) is 18.7. The van der Waals surface area contributed by atoms with Crippen LogP contribution in [-0.2, 0) is 4.79 Å². The fraction of sp³-hybridized carbons (Fsp3) is 0.556. The molecule has 1 aromatic rings. The molecule has 7 nitrogen and oxygen atoms in total. The average molecular weight is 345 g/mol. The zero-order chi connectivity index (χ0) is 18.4. The van der Waals surface area contributed by atoms with Gasteiger partial charge in [0.25, 0.3) is 5.69 Å². The third-order valence-electron chi connectivity index (χ3n) is 4.27. The smallest absolute Gasteiger partial charge is 0.290 e. The second kappa shape index (κ2) is 8.47. The number of hydrogen-bond acceptors (Lipinski definition) is 5. The highest BCUT2D eigenvalue weighted by Crippen LogP contribution is 2.28. The molecule has 0 N–H and O–H groups in total. The van der Waals surface area contributed by atoms with Crippen molar-refractivity contribution >= 4 is 11.6 Å². The highest BCUT2D eigenvalue weighted by atomic mass is 16.6. The normalized spacial score (nSPS) is 17.2. The third-order valence-corrected chi connectivity index (χ3v) is 4.27. The lowest BCUT2D eigenvalue weighted by molar-refractivity contribution is -0.385. The van der Waals surface area contributed by atoms with Crippen LogP contribution in [0.1, 0.15) is 45.1 Å². The van der Waals surface area contributed by atoms with Gasteiger partial charge in [-0.25, -0.2) is 0 Å². The maximum absolute atomic E-state index is 12.4. The molecule has 0 bridgehead atoms. The molecule has 1 aliphatic rings. The number of piperidine rings is 1. The van der Waals surface area contributed by atoms with Gasteiger partial charge in [-0.05, 0) is 31.2 Å². The van der Waals surface area contributed by atoms with Crippen LogP contribution in [0.3, 0.4) is 0 Å². The van der Waals surface area contributed by atoms with E-state index < -0.39 is 4.92 Å². The summed E-state index contributed by atoms with van der Waals surface area (Å²) in [6.07, 6.45) is 3.32. The van der Waals surface area contributed by atoms with E-state index in [4.69, 9.17) is 4.74 Å². The third kappa shape index (κ3) is 4.69. The molecule has 25 heavy (non-hydrogen) atoms. The van der Waals surface area contributed by atoms with E-state index in [0.717, 1.165) is 19.3 Å². The number of rotatable bonds is 6. The van der Waals surface area contributed by atoms with Gasteiger partial charge in [0.05, 0.1) is 11.0 Å². The lowest BCUT2D eigenvalue weighted by Gasteiger charge is -2.36. The molecule has 2 rings (SSSR count). The van der Waals surface area contributed by atoms with Crippen LogP contribution < -0.4 is 4.74 Å². The van der Waals surface area contributed by atoms with Crippen molar-refractivity contribution in [1.29, 1.82) is 5.26 Å². The van der Waals surface area contributed by atoms with Crippen LogP contribution in [0.25, 0.3) is 0 Å². The summed E-state index contributed by atoms with van der Waals surface area (Å²) in [5.41, 5.74) is -0.347. The molecule has 1 aliphatic heterocycles. The number of likely N-dealkylation sites (tertiary alicyclic amines) is 1. The Bertz CT molecular complexity index is 681. The predicted molar refractivity (Wildman–Crippen MR) is 92.1 cm³/mol. The molecule has 0 aliphatic carbocycles. The van der Waals surface area contributed by atoms with Crippen molar-refractivity contribution in [3.8, 4) is 11.8 Å². The summed E-state index contributed by atoms with van der Waals surface area (Å²) >= 11 is 0. The molecule has 7 heteroatoms. The van der Waals surface area contributed by atoms with Crippen LogP contribution in [-0.4, -0.2) is 34.9 Å². The number of carbonyl (C=O) groups excluding carboxylic acids is 1. The number of nitrogens with zero attached hydrogens (tertiary/aromatic N) is 3. The number of ether oxygens (including phenoxy) is 1. The Hall–Kier alpha value is -2.62. The van der Waals surface area contributed by atoms with E-state index in [2.05, 4.69) is 0 Å². The van der Waals surface area contributed by atoms with Gasteiger partial charge in [-0.15, -0.1) is 0 Å². The minimum absolute atomic E-state index is 0.0641. The Balaban J connectivity index is 2.11. The van der Waals surface area contributed by atoms with Gasteiger partial charge < -0.3 is 9.64 Å². The number of carbonyl (C=O) groups is 1. The zero-order valence-electron chi connectivity index (χ0n) is 14.6. The SMILES string of the molecule is CC(C)CC(=O)N1CCCCC1COc1cccc([N+](=O)[O-])c1C#N. The van der Waals surface area contributed by atoms with Gasteiger partial charge in [0.1, 0.15) is 18.4 Å². The molecule has 1 unspecified atom stereocenters. The Morgan fingerprint density at radius 3 is 2.88 bits per heavy atom. The summed E-state index contributed by atoms with van der Waals surface area (Å²) in [6.45, 7) is 4.96. The van der Waals surface area contributed by atoms with Crippen molar-refractivity contribution in [1.82, 2.24) is 4.90 Å². The number of nitriles is 1. The molecular weight excluding hydrogens is 322 g/mol. The molecule has 1 atom stereocenters. The lowest BCUT2D eigenvalue weighted by Crippen LogP contribution is -2.47. The first-order valence-electron chi connectivity index (χ1n) is 8.53. The lowest BCUT2D eigenvalue weighted by atomic mass is 10.0. The number of benzene rings is 1. The molecule has 0 radical (unpaired) electrons. The predicted octanol–water partition coefficient (Wildman–Crippen LogP) is 3.27. The standard InChI is InChI=1S/C18H23N3O4/c1-13(2)10-18(22)20-9-4-3-6-14(20)12-25-17-8-5-7-16(21(23)24)15(17)11-19/h5,7-8,13-14H,3-4,6,9-10,12H2,1-2H3. The Morgan fingerprint density at radius 2 is 2.24 bits per heavy atom. The average Bonchev–Trinajstić information content (AvgIpc) is 2.59. The van der Waals surface area contributed by atoms with Crippen molar-refractivity contribution in [2.45, 2.75) is 45.6 Å². The van der Waals surface area contributed by atoms with Crippen LogP contribution in [0.5, 0.6) is 5.75 Å². The van der Waals surface area contributed by atoms with Crippen LogP contribution in [0.4, 0.5) is 5.69 Å². The fourth-order valence-corrected chi connectivity index (χ4v) is 3.06. The number of amides is 1. The maximum atomic E-state index is 12.4. The minimum atomic E-state index is -0.593. The summed E-state index contributed by atoms with van der Waals surface area (Å²) in [7, 11) is 0. The summed E-state index contributed by atoms with van der Waals surface area (Å²) < 4.78 is 5.72. The Labute approximate surface area is 147 Å². The van der Waals surface area contributed by atoms with Crippen LogP contribution in [0.2, 0.25) is 0 Å². The number of nitro groups is 1. The summed E-state index contributed by atoms with van der Waals surface area (Å²) in [4.78, 5) is 24.7. The molecule has 0 saturated carbocycles. The molecule has 1 saturated heterocycles. The zero-order valence-corrected chi connectivity index (χ0v) is 14.6. The second-order valence-corrected chi connectivity index (χ2v) is 6.66. The van der Waals surface area contributed by atoms with Crippen molar-refractivity contribution in [3.05, 3.63) is 33.9 Å². The quantitative estimate of drug-likeness (QED) is 0.582. The van der Waals surface area contributed by atoms with Crippen molar-refractivity contribution in [2.24, 2.45) is 5.92 Å². The van der Waals surface area contributed by atoms with Crippen molar-refractivity contribution < 1.29 is 14.5 Å². The fourth-order valence-electron chi connectivity index (χ4n) is 3.06. The van der Waals surface area contributed by atoms with Gasteiger partial charge in [-0.2, -0.15) is 5.26 Å². The first-order valence-corrected chi connectivity index (χ1v) is 8.53. The minimum Gasteiger partial charge on any atom is -0.490 e. The van der Waals surface area contributed by atoms with Gasteiger partial charge in [0.15, 0.2) is 5.56 Å². The van der Waals surface area contributed by atoms with Crippen LogP contribution in [0, 0.1) is 27.4 Å². The Kier molecular flexibility index (Phi) is 6.34. The van der Waals surface area contributed by atoms with E-state index in [1.165, 1.54) is 12.1 Å². The van der Waals surface area contributed by atoms with Gasteiger partial charge in [0.2, 0.25) is 5.91 Å². The molecule has 1 amide bonds. The highest BCUT2D eigenvalue weighted by molar-refractivity contribution is 5.76. The monoisotopic (exact) mass is 345 g/mol. The second-order valence-electron chi connectivity index (χ2n) is 6.66. The largest absolute Gasteiger partial charge is 0.490 e. The van der Waals surface area contributed by atoms with Gasteiger partial charge in [-0.3, -0.25) is 14.9 Å². The number of nitro benzene ring substituents is 1. The van der Waals surface area contributed by atoms with Gasteiger partial charge in [0, 0.05) is 19.0 Å². The molecule has 0 spiro atoms. The van der Waals surface area contributed by atoms with Crippen molar-refractivity contribution in [2.75, 3.05) is 13.2 Å². The molecule has 0 aromatic heterocycles. The van der Waals surface area contributed by atoms with E-state index in [9.17, 15) is 20.2 Å². The van der Waals surface area contributed by atoms with E-state index >= 15 is 0 Å². The Morgan fingerprint density at radius 1 is 1.48 bits per heavy atom. The first-order chi connectivity index (χ1) is 11.9. The van der Waals surface area contributed by atoms with Crippen molar-refractivity contribution in [3.63, 3.8) is 0 Å². The summed E-state index contributed by atoms with van der Waals surface area (Å²) in [6, 6.07) is 6.11. The molecule has 1 aromatic carbocycles. The molecule has 1 heterocycles.